The lowest BCUT2D eigenvalue weighted by molar-refractivity contribution is 0.138. The number of fused-ring (bicyclic) bond motifs is 1. The summed E-state index contributed by atoms with van der Waals surface area (Å²) in [4.78, 5) is 5.55. The number of anilines is 1. The molecule has 0 amide bonds. The van der Waals surface area contributed by atoms with Crippen molar-refractivity contribution in [1.29, 1.82) is 0 Å². The van der Waals surface area contributed by atoms with Crippen LogP contribution < -0.4 is 5.32 Å². The zero-order valence-electron chi connectivity index (χ0n) is 12.3. The van der Waals surface area contributed by atoms with Gasteiger partial charge < -0.3 is 10.4 Å². The molecule has 3 rings (SSSR count). The van der Waals surface area contributed by atoms with E-state index in [1.54, 1.807) is 11.3 Å². The van der Waals surface area contributed by atoms with E-state index < -0.39 is 0 Å². The van der Waals surface area contributed by atoms with Gasteiger partial charge in [0.2, 0.25) is 10.1 Å². The molecule has 20 heavy (non-hydrogen) atoms. The number of aliphatic hydroxyl groups excluding tert-OH is 1. The van der Waals surface area contributed by atoms with E-state index in [0.717, 1.165) is 41.6 Å². The summed E-state index contributed by atoms with van der Waals surface area (Å²) in [5.74, 6) is 0.358. The fourth-order valence-corrected chi connectivity index (χ4v) is 3.39. The molecule has 1 saturated carbocycles. The molecule has 2 N–H and O–H groups in total. The fraction of sp³-hybridized carbons (Fsp3) is 0.714. The number of aliphatic hydroxyl groups is 1. The molecule has 0 spiro atoms. The highest BCUT2D eigenvalue weighted by molar-refractivity contribution is 7.20. The van der Waals surface area contributed by atoms with Crippen molar-refractivity contribution in [3.8, 4) is 0 Å². The van der Waals surface area contributed by atoms with Gasteiger partial charge in [-0.1, -0.05) is 38.5 Å². The van der Waals surface area contributed by atoms with Crippen LogP contribution in [0.5, 0.6) is 0 Å². The molecular weight excluding hydrogens is 272 g/mol. The Morgan fingerprint density at radius 3 is 2.85 bits per heavy atom. The Hall–Kier alpha value is -1.14. The van der Waals surface area contributed by atoms with E-state index in [1.807, 2.05) is 10.7 Å². The third kappa shape index (κ3) is 2.67. The molecule has 2 heterocycles. The highest BCUT2D eigenvalue weighted by Gasteiger charge is 2.25. The van der Waals surface area contributed by atoms with Crippen molar-refractivity contribution in [1.82, 2.24) is 14.6 Å². The molecule has 1 aliphatic carbocycles. The summed E-state index contributed by atoms with van der Waals surface area (Å²) in [6.07, 6.45) is 5.01. The summed E-state index contributed by atoms with van der Waals surface area (Å²) in [6.45, 7) is 7.25. The molecule has 2 aromatic heterocycles. The minimum absolute atomic E-state index is 0.0506. The Balaban J connectivity index is 1.69. The van der Waals surface area contributed by atoms with Crippen molar-refractivity contribution < 1.29 is 5.11 Å². The lowest BCUT2D eigenvalue weighted by Crippen LogP contribution is -2.21. The number of rotatable bonds is 3. The van der Waals surface area contributed by atoms with E-state index in [2.05, 4.69) is 36.2 Å². The Morgan fingerprint density at radius 2 is 2.25 bits per heavy atom. The predicted octanol–water partition coefficient (Wildman–Crippen LogP) is 2.66. The summed E-state index contributed by atoms with van der Waals surface area (Å²) in [5.41, 5.74) is 1.11. The minimum atomic E-state index is -0.154. The van der Waals surface area contributed by atoms with E-state index in [4.69, 9.17) is 0 Å². The van der Waals surface area contributed by atoms with Gasteiger partial charge >= 0.3 is 0 Å². The summed E-state index contributed by atoms with van der Waals surface area (Å²) >= 11 is 1.57. The van der Waals surface area contributed by atoms with Gasteiger partial charge in [0.15, 0.2) is 0 Å². The van der Waals surface area contributed by atoms with Crippen molar-refractivity contribution in [3.63, 3.8) is 0 Å². The molecule has 0 radical (unpaired) electrons. The monoisotopic (exact) mass is 294 g/mol. The summed E-state index contributed by atoms with van der Waals surface area (Å²) in [6, 6.07) is 0. The second-order valence-electron chi connectivity index (χ2n) is 6.65. The zero-order chi connectivity index (χ0) is 14.3. The normalized spacial score (nSPS) is 23.6. The van der Waals surface area contributed by atoms with E-state index in [1.165, 1.54) is 0 Å². The molecule has 0 aliphatic heterocycles. The van der Waals surface area contributed by atoms with Gasteiger partial charge in [0.1, 0.15) is 0 Å². The van der Waals surface area contributed by atoms with Crippen LogP contribution in [-0.2, 0) is 5.41 Å². The average Bonchev–Trinajstić information content (AvgIpc) is 2.98. The van der Waals surface area contributed by atoms with Crippen molar-refractivity contribution in [3.05, 3.63) is 11.9 Å². The molecule has 110 valence electrons. The maximum Gasteiger partial charge on any atom is 0.214 e. The van der Waals surface area contributed by atoms with E-state index in [0.29, 0.717) is 5.92 Å². The van der Waals surface area contributed by atoms with Crippen molar-refractivity contribution >= 4 is 21.4 Å². The maximum absolute atomic E-state index is 9.82. The number of hydrogen-bond donors (Lipinski definition) is 2. The zero-order valence-corrected chi connectivity index (χ0v) is 13.1. The lowest BCUT2D eigenvalue weighted by Gasteiger charge is -2.14. The predicted molar refractivity (Wildman–Crippen MR) is 81.4 cm³/mol. The Morgan fingerprint density at radius 1 is 1.45 bits per heavy atom. The van der Waals surface area contributed by atoms with Crippen LogP contribution in [0.1, 0.15) is 45.7 Å². The molecular formula is C14H22N4OS. The summed E-state index contributed by atoms with van der Waals surface area (Å²) < 4.78 is 1.85. The third-order valence-corrected chi connectivity index (χ3v) is 4.83. The second kappa shape index (κ2) is 5.00. The fourth-order valence-electron chi connectivity index (χ4n) is 2.61. The maximum atomic E-state index is 9.82. The van der Waals surface area contributed by atoms with Crippen LogP contribution in [0.3, 0.4) is 0 Å². The molecule has 6 heteroatoms. The van der Waals surface area contributed by atoms with Crippen LogP contribution in [0.25, 0.3) is 4.96 Å². The van der Waals surface area contributed by atoms with Gasteiger partial charge in [0.05, 0.1) is 18.0 Å². The smallest absolute Gasteiger partial charge is 0.214 e. The molecule has 1 aliphatic rings. The van der Waals surface area contributed by atoms with E-state index in [9.17, 15) is 5.11 Å². The molecule has 5 nitrogen and oxygen atoms in total. The molecule has 0 bridgehead atoms. The van der Waals surface area contributed by atoms with Crippen LogP contribution in [0, 0.1) is 5.92 Å². The number of hydrogen-bond acceptors (Lipinski definition) is 5. The first-order chi connectivity index (χ1) is 9.43. The van der Waals surface area contributed by atoms with Gasteiger partial charge in [-0.05, 0) is 12.8 Å². The summed E-state index contributed by atoms with van der Waals surface area (Å²) in [7, 11) is 0. The van der Waals surface area contributed by atoms with Gasteiger partial charge in [-0.3, -0.25) is 0 Å². The molecule has 2 atom stereocenters. The molecule has 1 fully saturated rings. The Bertz CT molecular complexity index is 566. The third-order valence-electron chi connectivity index (χ3n) is 3.95. The van der Waals surface area contributed by atoms with Crippen LogP contribution in [0.2, 0.25) is 0 Å². The highest BCUT2D eigenvalue weighted by Crippen LogP contribution is 2.28. The largest absolute Gasteiger partial charge is 0.393 e. The van der Waals surface area contributed by atoms with Gasteiger partial charge in [0, 0.05) is 17.9 Å². The first-order valence-electron chi connectivity index (χ1n) is 7.22. The number of imidazole rings is 1. The summed E-state index contributed by atoms with van der Waals surface area (Å²) in [5, 5.41) is 18.5. The van der Waals surface area contributed by atoms with E-state index in [-0.39, 0.29) is 11.5 Å². The first-order valence-corrected chi connectivity index (χ1v) is 8.04. The number of nitrogens with one attached hydrogen (secondary N) is 1. The first kappa shape index (κ1) is 13.8. The molecule has 2 unspecified atom stereocenters. The quantitative estimate of drug-likeness (QED) is 0.913. The van der Waals surface area contributed by atoms with Crippen molar-refractivity contribution in [2.24, 2.45) is 5.92 Å². The Kier molecular flexibility index (Phi) is 3.46. The van der Waals surface area contributed by atoms with Gasteiger partial charge in [-0.2, -0.15) is 0 Å². The van der Waals surface area contributed by atoms with Crippen molar-refractivity contribution in [2.45, 2.75) is 51.6 Å². The van der Waals surface area contributed by atoms with Gasteiger partial charge in [-0.25, -0.2) is 9.50 Å². The van der Waals surface area contributed by atoms with E-state index >= 15 is 0 Å². The Labute approximate surface area is 123 Å². The molecule has 0 saturated heterocycles. The van der Waals surface area contributed by atoms with Crippen LogP contribution in [0.4, 0.5) is 5.13 Å². The van der Waals surface area contributed by atoms with Crippen LogP contribution in [-0.4, -0.2) is 32.4 Å². The SMILES string of the molecule is CC(C)(C)c1cn2nc(NCC3CCCC3O)sc2n1. The van der Waals surface area contributed by atoms with Gasteiger partial charge in [0.25, 0.3) is 0 Å². The number of aromatic nitrogens is 3. The second-order valence-corrected chi connectivity index (χ2v) is 7.61. The number of nitrogens with zero attached hydrogens (tertiary/aromatic N) is 3. The van der Waals surface area contributed by atoms with Crippen LogP contribution in [0.15, 0.2) is 6.20 Å². The van der Waals surface area contributed by atoms with Crippen molar-refractivity contribution in [2.75, 3.05) is 11.9 Å². The average molecular weight is 294 g/mol. The molecule has 2 aromatic rings. The minimum Gasteiger partial charge on any atom is -0.393 e. The standard InChI is InChI=1S/C14H22N4OS/c1-14(2,3)11-8-18-13(16-11)20-12(17-18)15-7-9-5-4-6-10(9)19/h8-10,19H,4-7H2,1-3H3,(H,15,17). The van der Waals surface area contributed by atoms with Crippen LogP contribution >= 0.6 is 11.3 Å². The van der Waals surface area contributed by atoms with Gasteiger partial charge in [-0.15, -0.1) is 5.10 Å². The molecule has 0 aromatic carbocycles. The highest BCUT2D eigenvalue weighted by atomic mass is 32.1. The lowest BCUT2D eigenvalue weighted by atomic mass is 9.93. The topological polar surface area (TPSA) is 62.5 Å².